The summed E-state index contributed by atoms with van der Waals surface area (Å²) in [6, 6.07) is 22.3. The van der Waals surface area contributed by atoms with E-state index in [1.807, 2.05) is 59.4 Å². The topological polar surface area (TPSA) is 52.0 Å². The first-order valence-electron chi connectivity index (χ1n) is 9.67. The summed E-state index contributed by atoms with van der Waals surface area (Å²) >= 11 is 0. The normalized spacial score (nSPS) is 11.9. The molecular formula is C24H24N4O. The molecule has 5 heteroatoms. The molecule has 0 amide bonds. The summed E-state index contributed by atoms with van der Waals surface area (Å²) in [5, 5.41) is 8.49. The minimum Gasteiger partial charge on any atom is -0.496 e. The molecule has 0 saturated carbocycles. The van der Waals surface area contributed by atoms with E-state index < -0.39 is 0 Å². The molecule has 2 heterocycles. The molecule has 5 nitrogen and oxygen atoms in total. The molecule has 0 saturated heterocycles. The highest BCUT2D eigenvalue weighted by molar-refractivity contribution is 5.70. The molecule has 2 aromatic heterocycles. The van der Waals surface area contributed by atoms with E-state index in [-0.39, 0.29) is 6.04 Å². The fourth-order valence-electron chi connectivity index (χ4n) is 3.33. The van der Waals surface area contributed by atoms with Crippen LogP contribution in [0.2, 0.25) is 0 Å². The maximum absolute atomic E-state index is 5.59. The summed E-state index contributed by atoms with van der Waals surface area (Å²) in [4.78, 5) is 4.22. The van der Waals surface area contributed by atoms with Crippen molar-refractivity contribution >= 4 is 0 Å². The Morgan fingerprint density at radius 2 is 1.79 bits per heavy atom. The van der Waals surface area contributed by atoms with Crippen molar-refractivity contribution in [2.45, 2.75) is 19.5 Å². The Hall–Kier alpha value is -3.44. The highest BCUT2D eigenvalue weighted by atomic mass is 16.5. The standard InChI is InChI=1S/C24H24N4O/c1-18(19-9-8-14-25-15-19)26-16-20-17-28(21-10-4-3-5-11-21)27-24(20)22-12-6-7-13-23(22)29-2/h3-15,17-18,26H,16H2,1-2H3/t18-/m0/s1. The zero-order valence-corrected chi connectivity index (χ0v) is 16.6. The molecule has 0 aliphatic heterocycles. The number of pyridine rings is 1. The smallest absolute Gasteiger partial charge is 0.128 e. The van der Waals surface area contributed by atoms with Crippen LogP contribution in [0.25, 0.3) is 16.9 Å². The highest BCUT2D eigenvalue weighted by Crippen LogP contribution is 2.32. The summed E-state index contributed by atoms with van der Waals surface area (Å²) in [7, 11) is 1.69. The molecule has 0 fully saturated rings. The third kappa shape index (κ3) is 4.20. The van der Waals surface area contributed by atoms with Crippen molar-refractivity contribution in [1.82, 2.24) is 20.1 Å². The van der Waals surface area contributed by atoms with Crippen LogP contribution in [0.5, 0.6) is 5.75 Å². The zero-order valence-electron chi connectivity index (χ0n) is 16.6. The van der Waals surface area contributed by atoms with Gasteiger partial charge in [-0.25, -0.2) is 4.68 Å². The number of rotatable bonds is 7. The van der Waals surface area contributed by atoms with E-state index in [0.29, 0.717) is 6.54 Å². The fourth-order valence-corrected chi connectivity index (χ4v) is 3.33. The summed E-state index contributed by atoms with van der Waals surface area (Å²) in [5.74, 6) is 0.812. The van der Waals surface area contributed by atoms with Crippen LogP contribution < -0.4 is 10.1 Å². The van der Waals surface area contributed by atoms with Gasteiger partial charge in [0.25, 0.3) is 0 Å². The molecule has 29 heavy (non-hydrogen) atoms. The van der Waals surface area contributed by atoms with Crippen LogP contribution in [-0.4, -0.2) is 21.9 Å². The van der Waals surface area contributed by atoms with Crippen molar-refractivity contribution in [2.24, 2.45) is 0 Å². The predicted molar refractivity (Wildman–Crippen MR) is 115 cm³/mol. The van der Waals surface area contributed by atoms with Crippen LogP contribution in [-0.2, 0) is 6.54 Å². The first-order valence-corrected chi connectivity index (χ1v) is 9.67. The van der Waals surface area contributed by atoms with Gasteiger partial charge in [0.2, 0.25) is 0 Å². The molecular weight excluding hydrogens is 360 g/mol. The van der Waals surface area contributed by atoms with Gasteiger partial charge >= 0.3 is 0 Å². The van der Waals surface area contributed by atoms with Crippen LogP contribution in [0.1, 0.15) is 24.1 Å². The van der Waals surface area contributed by atoms with Gasteiger partial charge in [0, 0.05) is 42.3 Å². The summed E-state index contributed by atoms with van der Waals surface area (Å²) in [6.45, 7) is 2.82. The molecule has 0 aliphatic rings. The molecule has 4 aromatic rings. The van der Waals surface area contributed by atoms with E-state index in [9.17, 15) is 0 Å². The lowest BCUT2D eigenvalue weighted by Crippen LogP contribution is -2.18. The van der Waals surface area contributed by atoms with Gasteiger partial charge in [0.1, 0.15) is 11.4 Å². The second-order valence-electron chi connectivity index (χ2n) is 6.87. The summed E-state index contributed by atoms with van der Waals surface area (Å²) < 4.78 is 7.51. The molecule has 0 radical (unpaired) electrons. The fraction of sp³-hybridized carbons (Fsp3) is 0.167. The third-order valence-corrected chi connectivity index (χ3v) is 4.96. The van der Waals surface area contributed by atoms with Gasteiger partial charge in [0.05, 0.1) is 12.8 Å². The Kier molecular flexibility index (Phi) is 5.68. The number of nitrogens with zero attached hydrogens (tertiary/aromatic N) is 3. The Labute approximate surface area is 171 Å². The SMILES string of the molecule is COc1ccccc1-c1nn(-c2ccccc2)cc1CN[C@@H](C)c1cccnc1. The molecule has 0 unspecified atom stereocenters. The van der Waals surface area contributed by atoms with Crippen molar-refractivity contribution in [3.8, 4) is 22.7 Å². The molecule has 2 aromatic carbocycles. The van der Waals surface area contributed by atoms with Crippen LogP contribution in [0.4, 0.5) is 0 Å². The number of hydrogen-bond acceptors (Lipinski definition) is 4. The van der Waals surface area contributed by atoms with Gasteiger partial charge in [-0.15, -0.1) is 0 Å². The van der Waals surface area contributed by atoms with Gasteiger partial charge in [-0.3, -0.25) is 4.98 Å². The lowest BCUT2D eigenvalue weighted by Gasteiger charge is -2.14. The maximum atomic E-state index is 5.59. The van der Waals surface area contributed by atoms with Gasteiger partial charge in [-0.2, -0.15) is 5.10 Å². The Bertz CT molecular complexity index is 1060. The van der Waals surface area contributed by atoms with Gasteiger partial charge < -0.3 is 10.1 Å². The average molecular weight is 384 g/mol. The number of ether oxygens (including phenoxy) is 1. The first-order chi connectivity index (χ1) is 14.3. The molecule has 1 N–H and O–H groups in total. The molecule has 0 spiro atoms. The van der Waals surface area contributed by atoms with E-state index in [1.165, 1.54) is 0 Å². The van der Waals surface area contributed by atoms with Gasteiger partial charge in [-0.05, 0) is 42.8 Å². The lowest BCUT2D eigenvalue weighted by atomic mass is 10.1. The van der Waals surface area contributed by atoms with Gasteiger partial charge in [-0.1, -0.05) is 36.4 Å². The second-order valence-corrected chi connectivity index (χ2v) is 6.87. The number of para-hydroxylation sites is 2. The molecule has 0 aliphatic carbocycles. The number of methoxy groups -OCH3 is 1. The zero-order chi connectivity index (χ0) is 20.1. The van der Waals surface area contributed by atoms with Crippen molar-refractivity contribution in [2.75, 3.05) is 7.11 Å². The van der Waals surface area contributed by atoms with Crippen molar-refractivity contribution in [3.05, 3.63) is 96.4 Å². The van der Waals surface area contributed by atoms with Crippen LogP contribution >= 0.6 is 0 Å². The van der Waals surface area contributed by atoms with E-state index in [4.69, 9.17) is 9.84 Å². The Morgan fingerprint density at radius 1 is 1.00 bits per heavy atom. The lowest BCUT2D eigenvalue weighted by molar-refractivity contribution is 0.416. The highest BCUT2D eigenvalue weighted by Gasteiger charge is 2.16. The maximum Gasteiger partial charge on any atom is 0.128 e. The monoisotopic (exact) mass is 384 g/mol. The Morgan fingerprint density at radius 3 is 2.55 bits per heavy atom. The second kappa shape index (κ2) is 8.71. The minimum absolute atomic E-state index is 0.175. The molecule has 4 rings (SSSR count). The van der Waals surface area contributed by atoms with Crippen LogP contribution in [0.15, 0.2) is 85.3 Å². The largest absolute Gasteiger partial charge is 0.496 e. The number of nitrogens with one attached hydrogen (secondary N) is 1. The van der Waals surface area contributed by atoms with Crippen molar-refractivity contribution in [1.29, 1.82) is 0 Å². The van der Waals surface area contributed by atoms with Crippen LogP contribution in [0.3, 0.4) is 0 Å². The van der Waals surface area contributed by atoms with E-state index >= 15 is 0 Å². The predicted octanol–water partition coefficient (Wildman–Crippen LogP) is 4.79. The minimum atomic E-state index is 0.175. The van der Waals surface area contributed by atoms with Crippen molar-refractivity contribution in [3.63, 3.8) is 0 Å². The van der Waals surface area contributed by atoms with Crippen LogP contribution in [0, 0.1) is 0 Å². The van der Waals surface area contributed by atoms with E-state index in [2.05, 4.69) is 41.6 Å². The molecule has 0 bridgehead atoms. The summed E-state index contributed by atoms with van der Waals surface area (Å²) in [6.07, 6.45) is 5.77. The van der Waals surface area contributed by atoms with E-state index in [0.717, 1.165) is 33.8 Å². The quantitative estimate of drug-likeness (QED) is 0.498. The molecule has 146 valence electrons. The van der Waals surface area contributed by atoms with E-state index in [1.54, 1.807) is 13.3 Å². The first kappa shape index (κ1) is 18.9. The molecule has 1 atom stereocenters. The number of benzene rings is 2. The van der Waals surface area contributed by atoms with Gasteiger partial charge in [0.15, 0.2) is 0 Å². The van der Waals surface area contributed by atoms with Crippen molar-refractivity contribution < 1.29 is 4.74 Å². The average Bonchev–Trinajstić information content (AvgIpc) is 3.22. The Balaban J connectivity index is 1.68. The third-order valence-electron chi connectivity index (χ3n) is 4.96. The number of hydrogen-bond donors (Lipinski definition) is 1. The summed E-state index contributed by atoms with van der Waals surface area (Å²) in [5.41, 5.74) is 5.18. The number of aromatic nitrogens is 3.